The van der Waals surface area contributed by atoms with Gasteiger partial charge in [-0.3, -0.25) is 4.79 Å². The molecule has 0 atom stereocenters. The fraction of sp³-hybridized carbons (Fsp3) is 0.125. The van der Waals surface area contributed by atoms with Crippen LogP contribution in [0.2, 0.25) is 15.1 Å². The van der Waals surface area contributed by atoms with Crippen LogP contribution in [0.1, 0.15) is 10.4 Å². The molecule has 0 heterocycles. The number of alkyl halides is 2. The molecule has 26 heavy (non-hydrogen) atoms. The van der Waals surface area contributed by atoms with Crippen molar-refractivity contribution < 1.29 is 27.8 Å². The maximum absolute atomic E-state index is 12.4. The molecule has 1 N–H and O–H groups in total. The third kappa shape index (κ3) is 5.45. The van der Waals surface area contributed by atoms with E-state index in [9.17, 15) is 18.4 Å². The molecule has 0 saturated carbocycles. The highest BCUT2D eigenvalue weighted by molar-refractivity contribution is 6.42. The Kier molecular flexibility index (Phi) is 7.02. The summed E-state index contributed by atoms with van der Waals surface area (Å²) in [5.41, 5.74) is -0.150. The summed E-state index contributed by atoms with van der Waals surface area (Å²) >= 11 is 17.6. The summed E-state index contributed by atoms with van der Waals surface area (Å²) in [6, 6.07) is 7.98. The van der Waals surface area contributed by atoms with Crippen molar-refractivity contribution in [2.75, 3.05) is 11.9 Å². The van der Waals surface area contributed by atoms with Gasteiger partial charge in [0, 0.05) is 5.02 Å². The predicted molar refractivity (Wildman–Crippen MR) is 93.5 cm³/mol. The molecule has 2 aromatic rings. The molecular weight excluding hydrogens is 415 g/mol. The van der Waals surface area contributed by atoms with Crippen LogP contribution < -0.4 is 10.1 Å². The Labute approximate surface area is 161 Å². The molecule has 0 spiro atoms. The highest BCUT2D eigenvalue weighted by Crippen LogP contribution is 2.33. The van der Waals surface area contributed by atoms with Gasteiger partial charge in [-0.15, -0.1) is 0 Å². The van der Waals surface area contributed by atoms with Crippen molar-refractivity contribution in [3.05, 3.63) is 57.0 Å². The number of hydrogen-bond donors (Lipinski definition) is 1. The molecule has 0 aliphatic heterocycles. The quantitative estimate of drug-likeness (QED) is 0.660. The lowest BCUT2D eigenvalue weighted by atomic mass is 10.2. The molecule has 0 radical (unpaired) electrons. The highest BCUT2D eigenvalue weighted by Gasteiger charge is 2.18. The van der Waals surface area contributed by atoms with Crippen molar-refractivity contribution in [2.45, 2.75) is 6.61 Å². The summed E-state index contributed by atoms with van der Waals surface area (Å²) in [7, 11) is 0. The number of carbonyl (C=O) groups excluding carboxylic acids is 2. The molecule has 2 aromatic carbocycles. The van der Waals surface area contributed by atoms with Crippen molar-refractivity contribution in [2.24, 2.45) is 0 Å². The SMILES string of the molecule is O=C(COC(=O)c1ccccc1OC(F)F)Nc1c(Cl)cc(Cl)cc1Cl. The Bertz CT molecular complexity index is 810. The van der Waals surface area contributed by atoms with Crippen LogP contribution in [0.25, 0.3) is 0 Å². The number of esters is 1. The number of benzene rings is 2. The molecular formula is C16H10Cl3F2NO4. The van der Waals surface area contributed by atoms with Gasteiger partial charge in [0.15, 0.2) is 6.61 Å². The fourth-order valence-corrected chi connectivity index (χ4v) is 2.79. The van der Waals surface area contributed by atoms with Gasteiger partial charge in [-0.25, -0.2) is 4.79 Å². The molecule has 0 aromatic heterocycles. The predicted octanol–water partition coefficient (Wildman–Crippen LogP) is 5.04. The molecule has 0 saturated heterocycles. The van der Waals surface area contributed by atoms with Crippen molar-refractivity contribution in [3.63, 3.8) is 0 Å². The number of rotatable bonds is 6. The van der Waals surface area contributed by atoms with Crippen molar-refractivity contribution >= 4 is 52.4 Å². The van der Waals surface area contributed by atoms with Gasteiger partial charge >= 0.3 is 12.6 Å². The van der Waals surface area contributed by atoms with Crippen LogP contribution in [0.5, 0.6) is 5.75 Å². The summed E-state index contributed by atoms with van der Waals surface area (Å²) in [6.07, 6.45) is 0. The fourth-order valence-electron chi connectivity index (χ4n) is 1.88. The second-order valence-corrected chi connectivity index (χ2v) is 5.99. The number of carbonyl (C=O) groups is 2. The maximum Gasteiger partial charge on any atom is 0.387 e. The first-order valence-corrected chi connectivity index (χ1v) is 8.06. The average molecular weight is 425 g/mol. The molecule has 0 aliphatic rings. The Morgan fingerprint density at radius 1 is 1.08 bits per heavy atom. The van der Waals surface area contributed by atoms with E-state index in [0.29, 0.717) is 0 Å². The standard InChI is InChI=1S/C16H10Cl3F2NO4/c17-8-5-10(18)14(11(19)6-8)22-13(23)7-25-15(24)9-3-1-2-4-12(9)26-16(20)21/h1-6,16H,7H2,(H,22,23). The van der Waals surface area contributed by atoms with Crippen LogP contribution in [0.15, 0.2) is 36.4 Å². The van der Waals surface area contributed by atoms with E-state index >= 15 is 0 Å². The smallest absolute Gasteiger partial charge is 0.387 e. The number of nitrogens with one attached hydrogen (secondary N) is 1. The van der Waals surface area contributed by atoms with Gasteiger partial charge in [0.2, 0.25) is 0 Å². The second kappa shape index (κ2) is 9.02. The maximum atomic E-state index is 12.4. The van der Waals surface area contributed by atoms with Gasteiger partial charge in [-0.05, 0) is 24.3 Å². The molecule has 0 aliphatic carbocycles. The third-order valence-electron chi connectivity index (χ3n) is 2.93. The van der Waals surface area contributed by atoms with Crippen LogP contribution in [0, 0.1) is 0 Å². The monoisotopic (exact) mass is 423 g/mol. The molecule has 10 heteroatoms. The van der Waals surface area contributed by atoms with Gasteiger partial charge in [0.1, 0.15) is 11.3 Å². The third-order valence-corrected chi connectivity index (χ3v) is 3.74. The molecule has 2 rings (SSSR count). The summed E-state index contributed by atoms with van der Waals surface area (Å²) in [5.74, 6) is -2.11. The van der Waals surface area contributed by atoms with Crippen LogP contribution in [-0.2, 0) is 9.53 Å². The average Bonchev–Trinajstić information content (AvgIpc) is 2.56. The Hall–Kier alpha value is -2.09. The van der Waals surface area contributed by atoms with Crippen molar-refractivity contribution in [3.8, 4) is 5.75 Å². The summed E-state index contributed by atoms with van der Waals surface area (Å²) in [4.78, 5) is 23.9. The number of anilines is 1. The lowest BCUT2D eigenvalue weighted by Crippen LogP contribution is -2.21. The zero-order valence-electron chi connectivity index (χ0n) is 12.8. The van der Waals surface area contributed by atoms with Gasteiger partial charge < -0.3 is 14.8 Å². The Balaban J connectivity index is 2.01. The largest absolute Gasteiger partial charge is 0.452 e. The van der Waals surface area contributed by atoms with E-state index in [1.165, 1.54) is 36.4 Å². The minimum Gasteiger partial charge on any atom is -0.452 e. The molecule has 138 valence electrons. The molecule has 0 unspecified atom stereocenters. The van der Waals surface area contributed by atoms with E-state index in [1.807, 2.05) is 0 Å². The van der Waals surface area contributed by atoms with E-state index in [2.05, 4.69) is 10.1 Å². The molecule has 5 nitrogen and oxygen atoms in total. The van der Waals surface area contributed by atoms with Crippen LogP contribution in [0.3, 0.4) is 0 Å². The zero-order chi connectivity index (χ0) is 19.3. The van der Waals surface area contributed by atoms with E-state index < -0.39 is 25.1 Å². The van der Waals surface area contributed by atoms with E-state index in [-0.39, 0.29) is 32.1 Å². The topological polar surface area (TPSA) is 64.6 Å². The number of ether oxygens (including phenoxy) is 2. The lowest BCUT2D eigenvalue weighted by Gasteiger charge is -2.12. The number of para-hydroxylation sites is 1. The summed E-state index contributed by atoms with van der Waals surface area (Å²) in [5, 5.41) is 2.84. The van der Waals surface area contributed by atoms with E-state index in [4.69, 9.17) is 39.5 Å². The number of amides is 1. The number of halogens is 5. The first-order chi connectivity index (χ1) is 12.3. The minimum absolute atomic E-state index is 0.0952. The Morgan fingerprint density at radius 2 is 1.69 bits per heavy atom. The van der Waals surface area contributed by atoms with E-state index in [0.717, 1.165) is 0 Å². The molecule has 0 bridgehead atoms. The lowest BCUT2D eigenvalue weighted by molar-refractivity contribution is -0.119. The first-order valence-electron chi connectivity index (χ1n) is 6.93. The van der Waals surface area contributed by atoms with Crippen molar-refractivity contribution in [1.82, 2.24) is 0 Å². The van der Waals surface area contributed by atoms with Crippen LogP contribution in [-0.4, -0.2) is 25.1 Å². The normalized spacial score (nSPS) is 10.5. The first kappa shape index (κ1) is 20.2. The Morgan fingerprint density at radius 3 is 2.31 bits per heavy atom. The van der Waals surface area contributed by atoms with Gasteiger partial charge in [-0.1, -0.05) is 46.9 Å². The summed E-state index contributed by atoms with van der Waals surface area (Å²) < 4.78 is 33.7. The summed E-state index contributed by atoms with van der Waals surface area (Å²) in [6.45, 7) is -3.81. The minimum atomic E-state index is -3.11. The molecule has 1 amide bonds. The van der Waals surface area contributed by atoms with Crippen molar-refractivity contribution in [1.29, 1.82) is 0 Å². The van der Waals surface area contributed by atoms with Gasteiger partial charge in [0.05, 0.1) is 15.7 Å². The van der Waals surface area contributed by atoms with E-state index in [1.54, 1.807) is 0 Å². The zero-order valence-corrected chi connectivity index (χ0v) is 15.0. The van der Waals surface area contributed by atoms with Crippen LogP contribution in [0.4, 0.5) is 14.5 Å². The number of hydrogen-bond acceptors (Lipinski definition) is 4. The highest BCUT2D eigenvalue weighted by atomic mass is 35.5. The van der Waals surface area contributed by atoms with Gasteiger partial charge in [-0.2, -0.15) is 8.78 Å². The second-order valence-electron chi connectivity index (χ2n) is 4.74. The van der Waals surface area contributed by atoms with Crippen LogP contribution >= 0.6 is 34.8 Å². The van der Waals surface area contributed by atoms with Gasteiger partial charge in [0.25, 0.3) is 5.91 Å². The molecule has 0 fully saturated rings.